The van der Waals surface area contributed by atoms with Crippen LogP contribution in [-0.2, 0) is 16.1 Å². The molecule has 0 bridgehead atoms. The van der Waals surface area contributed by atoms with Gasteiger partial charge >= 0.3 is 0 Å². The number of aryl methyl sites for hydroxylation is 1. The Morgan fingerprint density at radius 3 is 2.38 bits per heavy atom. The summed E-state index contributed by atoms with van der Waals surface area (Å²) in [5.74, 6) is -0.317. The molecule has 1 aromatic carbocycles. The van der Waals surface area contributed by atoms with Crippen LogP contribution in [0.4, 0.5) is 0 Å². The summed E-state index contributed by atoms with van der Waals surface area (Å²) in [5.41, 5.74) is 1.05. The standard InChI is InChI=1S/C17H24N2O2/c1-12-6-5-7-13(10-12)11-18-14(20)17(8-9-17)15(21)19-16(2,3)4/h5-7,10H,8-9,11H2,1-4H3,(H,18,20)(H,19,21). The van der Waals surface area contributed by atoms with E-state index in [0.717, 1.165) is 11.1 Å². The highest BCUT2D eigenvalue weighted by molar-refractivity contribution is 6.08. The fraction of sp³-hybridized carbons (Fsp3) is 0.529. The predicted molar refractivity (Wildman–Crippen MR) is 82.6 cm³/mol. The average Bonchev–Trinajstić information content (AvgIpc) is 3.15. The molecule has 114 valence electrons. The van der Waals surface area contributed by atoms with Gasteiger partial charge in [0.15, 0.2) is 0 Å². The molecule has 4 nitrogen and oxygen atoms in total. The number of benzene rings is 1. The normalized spacial score (nSPS) is 16.2. The lowest BCUT2D eigenvalue weighted by Gasteiger charge is -2.24. The van der Waals surface area contributed by atoms with Crippen molar-refractivity contribution in [1.29, 1.82) is 0 Å². The topological polar surface area (TPSA) is 58.2 Å². The summed E-state index contributed by atoms with van der Waals surface area (Å²) in [6.07, 6.45) is 1.27. The van der Waals surface area contributed by atoms with E-state index in [0.29, 0.717) is 19.4 Å². The molecule has 4 heteroatoms. The van der Waals surface area contributed by atoms with Crippen molar-refractivity contribution in [3.8, 4) is 0 Å². The van der Waals surface area contributed by atoms with Gasteiger partial charge in [0.2, 0.25) is 11.8 Å². The van der Waals surface area contributed by atoms with Crippen LogP contribution in [0.1, 0.15) is 44.7 Å². The fourth-order valence-corrected chi connectivity index (χ4v) is 2.32. The Balaban J connectivity index is 1.95. The van der Waals surface area contributed by atoms with E-state index in [9.17, 15) is 9.59 Å². The van der Waals surface area contributed by atoms with Crippen molar-refractivity contribution in [2.24, 2.45) is 5.41 Å². The molecular formula is C17H24N2O2. The molecule has 2 N–H and O–H groups in total. The minimum Gasteiger partial charge on any atom is -0.351 e. The second-order valence-electron chi connectivity index (χ2n) is 6.96. The Hall–Kier alpha value is -1.84. The summed E-state index contributed by atoms with van der Waals surface area (Å²) in [6, 6.07) is 8.00. The molecule has 0 spiro atoms. The van der Waals surface area contributed by atoms with Gasteiger partial charge in [-0.15, -0.1) is 0 Å². The van der Waals surface area contributed by atoms with Crippen molar-refractivity contribution in [3.05, 3.63) is 35.4 Å². The summed E-state index contributed by atoms with van der Waals surface area (Å²) in [6.45, 7) is 8.25. The van der Waals surface area contributed by atoms with Crippen LogP contribution < -0.4 is 10.6 Å². The number of nitrogens with one attached hydrogen (secondary N) is 2. The molecule has 1 fully saturated rings. The third-order valence-corrected chi connectivity index (χ3v) is 3.64. The van der Waals surface area contributed by atoms with E-state index in [-0.39, 0.29) is 17.4 Å². The maximum Gasteiger partial charge on any atom is 0.236 e. The largest absolute Gasteiger partial charge is 0.351 e. The Morgan fingerprint density at radius 2 is 1.86 bits per heavy atom. The molecule has 1 aromatic rings. The van der Waals surface area contributed by atoms with Gasteiger partial charge in [-0.2, -0.15) is 0 Å². The first-order chi connectivity index (χ1) is 9.73. The van der Waals surface area contributed by atoms with Crippen molar-refractivity contribution >= 4 is 11.8 Å². The van der Waals surface area contributed by atoms with E-state index < -0.39 is 5.41 Å². The molecule has 1 saturated carbocycles. The maximum atomic E-state index is 12.3. The van der Waals surface area contributed by atoms with Gasteiger partial charge in [-0.3, -0.25) is 9.59 Å². The summed E-state index contributed by atoms with van der Waals surface area (Å²) < 4.78 is 0. The first-order valence-electron chi connectivity index (χ1n) is 7.39. The Kier molecular flexibility index (Phi) is 4.08. The van der Waals surface area contributed by atoms with Gasteiger partial charge in [0.1, 0.15) is 5.41 Å². The maximum absolute atomic E-state index is 12.3. The molecule has 0 aliphatic heterocycles. The first kappa shape index (κ1) is 15.5. The molecule has 2 amide bonds. The molecule has 0 atom stereocenters. The predicted octanol–water partition coefficient (Wildman–Crippen LogP) is 2.31. The molecule has 1 aliphatic carbocycles. The number of hydrogen-bond acceptors (Lipinski definition) is 2. The zero-order valence-electron chi connectivity index (χ0n) is 13.2. The molecule has 0 unspecified atom stereocenters. The van der Waals surface area contributed by atoms with E-state index >= 15 is 0 Å². The highest BCUT2D eigenvalue weighted by atomic mass is 16.2. The zero-order chi connectivity index (χ0) is 15.7. The minimum atomic E-state index is -0.850. The van der Waals surface area contributed by atoms with Crippen LogP contribution in [-0.4, -0.2) is 17.4 Å². The lowest BCUT2D eigenvalue weighted by atomic mass is 10.0. The third-order valence-electron chi connectivity index (χ3n) is 3.64. The van der Waals surface area contributed by atoms with Crippen LogP contribution >= 0.6 is 0 Å². The average molecular weight is 288 g/mol. The SMILES string of the molecule is Cc1cccc(CNC(=O)C2(C(=O)NC(C)(C)C)CC2)c1. The van der Waals surface area contributed by atoms with E-state index in [1.165, 1.54) is 0 Å². The van der Waals surface area contributed by atoms with Crippen LogP contribution in [0, 0.1) is 12.3 Å². The van der Waals surface area contributed by atoms with Gasteiger partial charge in [0.25, 0.3) is 0 Å². The van der Waals surface area contributed by atoms with E-state index in [1.807, 2.05) is 52.0 Å². The number of carbonyl (C=O) groups is 2. The van der Waals surface area contributed by atoms with Gasteiger partial charge in [0.05, 0.1) is 0 Å². The molecule has 0 saturated heterocycles. The lowest BCUT2D eigenvalue weighted by Crippen LogP contribution is -2.49. The summed E-state index contributed by atoms with van der Waals surface area (Å²) in [7, 11) is 0. The molecule has 1 aliphatic rings. The quantitative estimate of drug-likeness (QED) is 0.835. The van der Waals surface area contributed by atoms with Gasteiger partial charge in [0, 0.05) is 12.1 Å². The summed E-state index contributed by atoms with van der Waals surface area (Å²) in [5, 5.41) is 5.81. The second kappa shape index (κ2) is 5.51. The lowest BCUT2D eigenvalue weighted by molar-refractivity contribution is -0.138. The summed E-state index contributed by atoms with van der Waals surface area (Å²) >= 11 is 0. The molecule has 21 heavy (non-hydrogen) atoms. The van der Waals surface area contributed by atoms with Gasteiger partial charge in [-0.25, -0.2) is 0 Å². The van der Waals surface area contributed by atoms with Crippen molar-refractivity contribution in [1.82, 2.24) is 10.6 Å². The molecule has 0 heterocycles. The third kappa shape index (κ3) is 3.84. The second-order valence-corrected chi connectivity index (χ2v) is 6.96. The van der Waals surface area contributed by atoms with Crippen molar-refractivity contribution in [3.63, 3.8) is 0 Å². The molecule has 0 radical (unpaired) electrons. The van der Waals surface area contributed by atoms with Crippen LogP contribution in [0.2, 0.25) is 0 Å². The van der Waals surface area contributed by atoms with Gasteiger partial charge < -0.3 is 10.6 Å². The van der Waals surface area contributed by atoms with Gasteiger partial charge in [-0.05, 0) is 46.1 Å². The highest BCUT2D eigenvalue weighted by Gasteiger charge is 2.56. The van der Waals surface area contributed by atoms with E-state index in [4.69, 9.17) is 0 Å². The molecular weight excluding hydrogens is 264 g/mol. The van der Waals surface area contributed by atoms with Crippen LogP contribution in [0.25, 0.3) is 0 Å². The molecule has 0 aromatic heterocycles. The Labute approximate surface area is 126 Å². The zero-order valence-corrected chi connectivity index (χ0v) is 13.2. The van der Waals surface area contributed by atoms with E-state index in [1.54, 1.807) is 0 Å². The highest BCUT2D eigenvalue weighted by Crippen LogP contribution is 2.46. The number of hydrogen-bond donors (Lipinski definition) is 2. The number of amides is 2. The first-order valence-corrected chi connectivity index (χ1v) is 7.39. The number of rotatable bonds is 4. The van der Waals surface area contributed by atoms with Crippen LogP contribution in [0.15, 0.2) is 24.3 Å². The van der Waals surface area contributed by atoms with Crippen molar-refractivity contribution < 1.29 is 9.59 Å². The monoisotopic (exact) mass is 288 g/mol. The minimum absolute atomic E-state index is 0.156. The number of carbonyl (C=O) groups excluding carboxylic acids is 2. The van der Waals surface area contributed by atoms with Crippen molar-refractivity contribution in [2.45, 2.75) is 52.6 Å². The Bertz CT molecular complexity index is 554. The Morgan fingerprint density at radius 1 is 1.19 bits per heavy atom. The molecule has 2 rings (SSSR count). The van der Waals surface area contributed by atoms with Crippen LogP contribution in [0.5, 0.6) is 0 Å². The van der Waals surface area contributed by atoms with Crippen LogP contribution in [0.3, 0.4) is 0 Å². The summed E-state index contributed by atoms with van der Waals surface area (Å²) in [4.78, 5) is 24.6. The van der Waals surface area contributed by atoms with Crippen molar-refractivity contribution in [2.75, 3.05) is 0 Å². The van der Waals surface area contributed by atoms with Gasteiger partial charge in [-0.1, -0.05) is 29.8 Å². The smallest absolute Gasteiger partial charge is 0.236 e. The fourth-order valence-electron chi connectivity index (χ4n) is 2.32. The van der Waals surface area contributed by atoms with E-state index in [2.05, 4.69) is 10.6 Å².